The van der Waals surface area contributed by atoms with Crippen molar-refractivity contribution < 1.29 is 0 Å². The molecule has 7 heteroatoms. The molecule has 0 bridgehead atoms. The second-order valence-corrected chi connectivity index (χ2v) is 13.6. The van der Waals surface area contributed by atoms with Crippen LogP contribution in [0.4, 0.5) is 11.4 Å². The molecular weight excluding hydrogens is 687 g/mol. The Morgan fingerprint density at radius 2 is 0.982 bits per heavy atom. The van der Waals surface area contributed by atoms with Gasteiger partial charge in [0.05, 0.1) is 58.2 Å². The second kappa shape index (κ2) is 13.0. The topological polar surface area (TPSA) is 68.2 Å². The summed E-state index contributed by atoms with van der Waals surface area (Å²) in [5.41, 5.74) is 11.0. The van der Waals surface area contributed by atoms with E-state index in [1.54, 1.807) is 24.3 Å². The van der Waals surface area contributed by atoms with E-state index in [0.717, 1.165) is 49.8 Å². The molecule has 0 spiro atoms. The van der Waals surface area contributed by atoms with Crippen molar-refractivity contribution >= 4 is 55.0 Å². The van der Waals surface area contributed by atoms with Crippen LogP contribution in [0.5, 0.6) is 0 Å². The highest BCUT2D eigenvalue weighted by atomic mass is 15.0. The van der Waals surface area contributed by atoms with E-state index < -0.39 is 0 Å². The average Bonchev–Trinajstić information content (AvgIpc) is 3.78. The molecule has 0 atom stereocenters. The summed E-state index contributed by atoms with van der Waals surface area (Å²) in [4.78, 5) is 17.1. The lowest BCUT2D eigenvalue weighted by molar-refractivity contribution is 1.16. The van der Waals surface area contributed by atoms with Crippen molar-refractivity contribution in [2.45, 2.75) is 0 Å². The van der Waals surface area contributed by atoms with Crippen LogP contribution in [0.2, 0.25) is 0 Å². The Morgan fingerprint density at radius 3 is 1.61 bits per heavy atom. The van der Waals surface area contributed by atoms with E-state index in [0.29, 0.717) is 45.3 Å². The molecule has 0 fully saturated rings. The Hall–Kier alpha value is -8.31. The van der Waals surface area contributed by atoms with Crippen molar-refractivity contribution in [3.63, 3.8) is 0 Å². The molecule has 0 radical (unpaired) electrons. The summed E-state index contributed by atoms with van der Waals surface area (Å²) in [6.45, 7) is 15.1. The quantitative estimate of drug-likeness (QED) is 0.167. The molecule has 10 aromatic rings. The largest absolute Gasteiger partial charge is 0.309 e. The van der Waals surface area contributed by atoms with Crippen LogP contribution in [0.3, 0.4) is 0 Å². The maximum absolute atomic E-state index is 10.7. The zero-order valence-electron chi connectivity index (χ0n) is 29.7. The minimum Gasteiger partial charge on any atom is -0.309 e. The minimum absolute atomic E-state index is 0.422. The summed E-state index contributed by atoms with van der Waals surface area (Å²) in [5, 5.41) is 15.3. The van der Waals surface area contributed by atoms with Gasteiger partial charge in [-0.25, -0.2) is 19.7 Å². The molecule has 0 amide bonds. The summed E-state index contributed by atoms with van der Waals surface area (Å²) in [6, 6.07) is 56.7. The number of nitrogens with zero attached hydrogens (tertiary/aromatic N) is 7. The molecular formula is C49H27N7. The predicted molar refractivity (Wildman–Crippen MR) is 224 cm³/mol. The number of aromatic nitrogens is 4. The van der Waals surface area contributed by atoms with Gasteiger partial charge in [-0.3, -0.25) is 0 Å². The van der Waals surface area contributed by atoms with Crippen molar-refractivity contribution in [2.75, 3.05) is 0 Å². The van der Waals surface area contributed by atoms with Crippen LogP contribution >= 0.6 is 0 Å². The van der Waals surface area contributed by atoms with E-state index in [9.17, 15) is 5.26 Å². The molecule has 56 heavy (non-hydrogen) atoms. The number of benzene rings is 7. The Kier molecular flexibility index (Phi) is 7.49. The van der Waals surface area contributed by atoms with E-state index in [2.05, 4.69) is 110 Å². The van der Waals surface area contributed by atoms with Crippen LogP contribution in [-0.2, 0) is 0 Å². The lowest BCUT2D eigenvalue weighted by Gasteiger charge is -2.13. The van der Waals surface area contributed by atoms with Crippen LogP contribution in [0.15, 0.2) is 164 Å². The Balaban J connectivity index is 1.14. The second-order valence-electron chi connectivity index (χ2n) is 13.6. The molecule has 0 aliphatic carbocycles. The maximum Gasteiger partial charge on any atom is 0.187 e. The van der Waals surface area contributed by atoms with E-state index >= 15 is 0 Å². The smallest absolute Gasteiger partial charge is 0.187 e. The minimum atomic E-state index is 0.422. The third kappa shape index (κ3) is 5.18. The number of rotatable bonds is 5. The zero-order valence-corrected chi connectivity index (χ0v) is 29.7. The fourth-order valence-electron chi connectivity index (χ4n) is 7.88. The Morgan fingerprint density at radius 1 is 0.464 bits per heavy atom. The van der Waals surface area contributed by atoms with Gasteiger partial charge >= 0.3 is 0 Å². The highest BCUT2D eigenvalue weighted by Crippen LogP contribution is 2.38. The van der Waals surface area contributed by atoms with Crippen molar-refractivity contribution in [1.29, 1.82) is 5.26 Å². The van der Waals surface area contributed by atoms with Crippen molar-refractivity contribution in [1.82, 2.24) is 19.1 Å². The van der Waals surface area contributed by atoms with Gasteiger partial charge in [0.15, 0.2) is 17.2 Å². The molecule has 0 unspecified atom stereocenters. The van der Waals surface area contributed by atoms with Crippen LogP contribution in [0.25, 0.3) is 98.6 Å². The number of fused-ring (bicyclic) bond motifs is 6. The molecule has 3 aromatic heterocycles. The van der Waals surface area contributed by atoms with Gasteiger partial charge in [-0.1, -0.05) is 91.0 Å². The Labute approximate surface area is 321 Å². The standard InChI is InChI=1S/C49H27N7/c1-51-34-13-9-11-31(25-34)43-29-44(54-49(53-43)32-12-10-14-35(26-32)52-2)38-23-21-36(27-33(38)30-50)55-47-20-8-5-17-41(47)42-28-37(22-24-48(42)55)56-45-18-6-3-15-39(45)40-16-4-7-19-46(40)56/h3-29H. The molecule has 0 aliphatic heterocycles. The summed E-state index contributed by atoms with van der Waals surface area (Å²) in [5.74, 6) is 0.422. The molecule has 0 N–H and O–H groups in total. The van der Waals surface area contributed by atoms with Gasteiger partial charge in [0.2, 0.25) is 0 Å². The fourth-order valence-corrected chi connectivity index (χ4v) is 7.88. The Bertz CT molecular complexity index is 3240. The maximum atomic E-state index is 10.7. The molecule has 0 saturated carbocycles. The van der Waals surface area contributed by atoms with Crippen molar-refractivity contribution in [3.05, 3.63) is 192 Å². The average molecular weight is 714 g/mol. The molecule has 10 rings (SSSR count). The number of para-hydroxylation sites is 3. The van der Waals surface area contributed by atoms with E-state index in [1.165, 1.54) is 10.8 Å². The third-order valence-corrected chi connectivity index (χ3v) is 10.4. The number of hydrogen-bond donors (Lipinski definition) is 0. The van der Waals surface area contributed by atoms with Gasteiger partial charge in [-0.2, -0.15) is 5.26 Å². The van der Waals surface area contributed by atoms with E-state index in [4.69, 9.17) is 23.1 Å². The normalized spacial score (nSPS) is 11.2. The first-order chi connectivity index (χ1) is 27.6. The molecule has 7 nitrogen and oxygen atoms in total. The van der Waals surface area contributed by atoms with Crippen LogP contribution in [0, 0.1) is 24.5 Å². The van der Waals surface area contributed by atoms with Crippen molar-refractivity contribution in [2.24, 2.45) is 0 Å². The van der Waals surface area contributed by atoms with Crippen LogP contribution in [-0.4, -0.2) is 19.1 Å². The lowest BCUT2D eigenvalue weighted by atomic mass is 10.0. The van der Waals surface area contributed by atoms with Gasteiger partial charge in [0, 0.05) is 44.0 Å². The third-order valence-electron chi connectivity index (χ3n) is 10.4. The van der Waals surface area contributed by atoms with Gasteiger partial charge in [0.1, 0.15) is 0 Å². The molecule has 258 valence electrons. The van der Waals surface area contributed by atoms with Crippen molar-refractivity contribution in [3.8, 4) is 51.3 Å². The molecule has 0 saturated heterocycles. The van der Waals surface area contributed by atoms with Gasteiger partial charge < -0.3 is 9.13 Å². The highest BCUT2D eigenvalue weighted by Gasteiger charge is 2.19. The van der Waals surface area contributed by atoms with Crippen LogP contribution < -0.4 is 0 Å². The van der Waals surface area contributed by atoms with Gasteiger partial charge in [-0.05, 0) is 78.4 Å². The summed E-state index contributed by atoms with van der Waals surface area (Å²) in [6.07, 6.45) is 0. The first-order valence-corrected chi connectivity index (χ1v) is 18.0. The summed E-state index contributed by atoms with van der Waals surface area (Å²) >= 11 is 0. The summed E-state index contributed by atoms with van der Waals surface area (Å²) in [7, 11) is 0. The first-order valence-electron chi connectivity index (χ1n) is 18.0. The SMILES string of the molecule is [C-]#[N+]c1cccc(-c2cc(-c3ccc(-n4c5ccccc5c5cc(-n6c7ccccc7c7ccccc76)ccc54)cc3C#N)nc(-c3cccc([N+]#[C-])c3)n2)c1. The van der Waals surface area contributed by atoms with E-state index in [1.807, 2.05) is 54.6 Å². The van der Waals surface area contributed by atoms with E-state index in [-0.39, 0.29) is 0 Å². The lowest BCUT2D eigenvalue weighted by Crippen LogP contribution is -1.99. The van der Waals surface area contributed by atoms with Gasteiger partial charge in [-0.15, -0.1) is 0 Å². The monoisotopic (exact) mass is 713 g/mol. The zero-order chi connectivity index (χ0) is 37.8. The fraction of sp³-hybridized carbons (Fsp3) is 0. The highest BCUT2D eigenvalue weighted by molar-refractivity contribution is 6.12. The van der Waals surface area contributed by atoms with Gasteiger partial charge in [0.25, 0.3) is 0 Å². The summed E-state index contributed by atoms with van der Waals surface area (Å²) < 4.78 is 4.55. The first kappa shape index (κ1) is 32.3. The number of hydrogen-bond acceptors (Lipinski definition) is 3. The molecule has 3 heterocycles. The predicted octanol–water partition coefficient (Wildman–Crippen LogP) is 12.6. The van der Waals surface area contributed by atoms with Crippen LogP contribution in [0.1, 0.15) is 5.56 Å². The molecule has 7 aromatic carbocycles. The molecule has 0 aliphatic rings. The number of nitriles is 1.